The molecule has 6 nitrogen and oxygen atoms in total. The van der Waals surface area contributed by atoms with Gasteiger partial charge in [-0.25, -0.2) is 9.97 Å². The molecule has 0 unspecified atom stereocenters. The monoisotopic (exact) mass is 395 g/mol. The first-order chi connectivity index (χ1) is 12.8. The number of carbonyl (C=O) groups excluding carboxylic acids is 2. The minimum Gasteiger partial charge on any atom is -0.496 e. The summed E-state index contributed by atoms with van der Waals surface area (Å²) < 4.78 is 44.4. The summed E-state index contributed by atoms with van der Waals surface area (Å²) in [5, 5.41) is 2.64. The quantitative estimate of drug-likeness (QED) is 0.848. The molecular weight excluding hydrogens is 383 g/mol. The fraction of sp³-hybridized carbons (Fsp3) is 0.176. The Morgan fingerprint density at radius 2 is 1.93 bits per heavy atom. The van der Waals surface area contributed by atoms with Crippen LogP contribution in [0.1, 0.15) is 26.4 Å². The van der Waals surface area contributed by atoms with E-state index in [1.807, 2.05) is 0 Å². The summed E-state index contributed by atoms with van der Waals surface area (Å²) in [6.07, 6.45) is -0.702. The summed E-state index contributed by atoms with van der Waals surface area (Å²) in [4.78, 5) is 32.9. The Kier molecular flexibility index (Phi) is 4.92. The van der Waals surface area contributed by atoms with Gasteiger partial charge in [-0.2, -0.15) is 13.2 Å². The lowest BCUT2D eigenvalue weighted by Gasteiger charge is -2.20. The summed E-state index contributed by atoms with van der Waals surface area (Å²) in [5.74, 6) is -1.41. The average molecular weight is 395 g/mol. The molecule has 140 valence electrons. The molecule has 0 saturated carbocycles. The summed E-state index contributed by atoms with van der Waals surface area (Å²) in [7, 11) is 1.13. The van der Waals surface area contributed by atoms with Crippen LogP contribution in [0.5, 0.6) is 5.75 Å². The largest absolute Gasteiger partial charge is 0.496 e. The van der Waals surface area contributed by atoms with Gasteiger partial charge in [0.2, 0.25) is 11.6 Å². The maximum Gasteiger partial charge on any atom is 0.420 e. The van der Waals surface area contributed by atoms with E-state index < -0.39 is 23.3 Å². The molecular formula is C17H12F3N3O3S. The van der Waals surface area contributed by atoms with Gasteiger partial charge in [-0.3, -0.25) is 9.59 Å². The van der Waals surface area contributed by atoms with Crippen molar-refractivity contribution in [3.8, 4) is 5.75 Å². The van der Waals surface area contributed by atoms with Gasteiger partial charge < -0.3 is 10.1 Å². The summed E-state index contributed by atoms with van der Waals surface area (Å²) in [6.45, 7) is 0. The molecule has 1 aromatic carbocycles. The highest BCUT2D eigenvalue weighted by Crippen LogP contribution is 2.39. The highest BCUT2D eigenvalue weighted by atomic mass is 32.2. The molecule has 1 aliphatic carbocycles. The number of alkyl halides is 3. The number of nitrogens with zero attached hydrogens (tertiary/aromatic N) is 2. The third-order valence-corrected chi connectivity index (χ3v) is 4.61. The van der Waals surface area contributed by atoms with E-state index in [0.29, 0.717) is 0 Å². The molecule has 0 fully saturated rings. The van der Waals surface area contributed by atoms with Crippen molar-refractivity contribution in [3.63, 3.8) is 0 Å². The summed E-state index contributed by atoms with van der Waals surface area (Å²) >= 11 is 1.01. The molecule has 0 amide bonds. The first-order valence-corrected chi connectivity index (χ1v) is 8.70. The predicted molar refractivity (Wildman–Crippen MR) is 92.9 cm³/mol. The number of nitrogens with one attached hydrogen (secondary N) is 1. The van der Waals surface area contributed by atoms with Crippen LogP contribution in [-0.2, 0) is 6.18 Å². The number of fused-ring (bicyclic) bond motifs is 1. The van der Waals surface area contributed by atoms with Crippen molar-refractivity contribution < 1.29 is 27.5 Å². The van der Waals surface area contributed by atoms with Crippen molar-refractivity contribution in [1.82, 2.24) is 9.97 Å². The van der Waals surface area contributed by atoms with Gasteiger partial charge in [0.15, 0.2) is 0 Å². The number of allylic oxidation sites excluding steroid dienone is 2. The van der Waals surface area contributed by atoms with Gasteiger partial charge in [-0.15, -0.1) is 11.8 Å². The third-order valence-electron chi connectivity index (χ3n) is 3.81. The van der Waals surface area contributed by atoms with E-state index in [1.165, 1.54) is 12.3 Å². The number of ether oxygens (including phenoxy) is 1. The average Bonchev–Trinajstić information content (AvgIpc) is 2.65. The maximum atomic E-state index is 13.2. The Hall–Kier alpha value is -2.88. The Morgan fingerprint density at radius 3 is 2.56 bits per heavy atom. The van der Waals surface area contributed by atoms with Gasteiger partial charge in [-0.1, -0.05) is 0 Å². The van der Waals surface area contributed by atoms with Crippen molar-refractivity contribution in [1.29, 1.82) is 0 Å². The molecule has 0 spiro atoms. The lowest BCUT2D eigenvalue weighted by molar-refractivity contribution is -0.138. The number of rotatable bonds is 4. The Labute approximate surface area is 155 Å². The topological polar surface area (TPSA) is 81.2 Å². The number of hydrogen-bond acceptors (Lipinski definition) is 7. The minimum absolute atomic E-state index is 0.00708. The zero-order valence-electron chi connectivity index (χ0n) is 14.0. The first-order valence-electron chi connectivity index (χ1n) is 7.47. The van der Waals surface area contributed by atoms with Crippen LogP contribution in [0.4, 0.5) is 18.9 Å². The zero-order valence-corrected chi connectivity index (χ0v) is 14.9. The number of thioether (sulfide) groups is 1. The summed E-state index contributed by atoms with van der Waals surface area (Å²) in [5.41, 5.74) is -1.16. The van der Waals surface area contributed by atoms with E-state index in [0.717, 1.165) is 37.3 Å². The first kappa shape index (κ1) is 18.9. The Balaban J connectivity index is 2.07. The van der Waals surface area contributed by atoms with Crippen LogP contribution < -0.4 is 10.1 Å². The number of ketones is 2. The fourth-order valence-corrected chi connectivity index (χ4v) is 3.23. The van der Waals surface area contributed by atoms with E-state index in [-0.39, 0.29) is 33.3 Å². The number of methoxy groups -OCH3 is 1. The number of carbonyl (C=O) groups is 2. The van der Waals surface area contributed by atoms with Crippen molar-refractivity contribution in [2.24, 2.45) is 0 Å². The number of halogens is 3. The number of hydrogen-bond donors (Lipinski definition) is 1. The molecule has 0 atom stereocenters. The van der Waals surface area contributed by atoms with Crippen LogP contribution >= 0.6 is 11.8 Å². The second-order valence-electron chi connectivity index (χ2n) is 5.39. The Morgan fingerprint density at radius 1 is 1.19 bits per heavy atom. The highest BCUT2D eigenvalue weighted by molar-refractivity contribution is 8.03. The fourth-order valence-electron chi connectivity index (χ4n) is 2.60. The predicted octanol–water partition coefficient (Wildman–Crippen LogP) is 3.57. The molecule has 1 aromatic heterocycles. The van der Waals surface area contributed by atoms with E-state index >= 15 is 0 Å². The van der Waals surface area contributed by atoms with Crippen molar-refractivity contribution in [3.05, 3.63) is 58.1 Å². The van der Waals surface area contributed by atoms with Crippen LogP contribution in [0.25, 0.3) is 0 Å². The molecule has 0 saturated heterocycles. The lowest BCUT2D eigenvalue weighted by atomic mass is 9.98. The van der Waals surface area contributed by atoms with Crippen LogP contribution in [0.15, 0.2) is 41.3 Å². The standard InChI is InChI=1S/C17H12F3N3O3S/c1-26-11-4-3-8(5-10(11)17(18,19)20)23-13-14(24)9-6-21-7-22-12(9)15(25)16(13)27-2/h3-7,23H,1-2H3. The van der Waals surface area contributed by atoms with Crippen LogP contribution in [0.3, 0.4) is 0 Å². The molecule has 1 aliphatic rings. The van der Waals surface area contributed by atoms with Gasteiger partial charge in [0, 0.05) is 11.9 Å². The Bertz CT molecular complexity index is 973. The molecule has 2 aromatic rings. The SMILES string of the molecule is COc1ccc(NC2=C(SC)C(=O)c3ncncc3C2=O)cc1C(F)(F)F. The van der Waals surface area contributed by atoms with Crippen molar-refractivity contribution >= 4 is 29.0 Å². The minimum atomic E-state index is -4.65. The highest BCUT2D eigenvalue weighted by Gasteiger charge is 2.36. The number of aromatic nitrogens is 2. The lowest BCUT2D eigenvalue weighted by Crippen LogP contribution is -2.26. The van der Waals surface area contributed by atoms with Crippen LogP contribution in [0, 0.1) is 0 Å². The van der Waals surface area contributed by atoms with Crippen molar-refractivity contribution in [2.45, 2.75) is 6.18 Å². The van der Waals surface area contributed by atoms with Gasteiger partial charge in [0.25, 0.3) is 0 Å². The van der Waals surface area contributed by atoms with Gasteiger partial charge in [-0.05, 0) is 24.5 Å². The molecule has 0 radical (unpaired) electrons. The molecule has 0 aliphatic heterocycles. The molecule has 10 heteroatoms. The second-order valence-corrected chi connectivity index (χ2v) is 6.21. The second kappa shape index (κ2) is 7.03. The molecule has 1 heterocycles. The van der Waals surface area contributed by atoms with Gasteiger partial charge >= 0.3 is 6.18 Å². The smallest absolute Gasteiger partial charge is 0.420 e. The van der Waals surface area contributed by atoms with Gasteiger partial charge in [0.05, 0.1) is 23.1 Å². The van der Waals surface area contributed by atoms with E-state index in [9.17, 15) is 22.8 Å². The number of anilines is 1. The zero-order chi connectivity index (χ0) is 19.8. The number of benzene rings is 1. The van der Waals surface area contributed by atoms with Gasteiger partial charge in [0.1, 0.15) is 23.5 Å². The van der Waals surface area contributed by atoms with E-state index in [1.54, 1.807) is 6.26 Å². The van der Waals surface area contributed by atoms with Crippen molar-refractivity contribution in [2.75, 3.05) is 18.7 Å². The molecule has 27 heavy (non-hydrogen) atoms. The maximum absolute atomic E-state index is 13.2. The summed E-state index contributed by atoms with van der Waals surface area (Å²) in [6, 6.07) is 3.28. The van der Waals surface area contributed by atoms with E-state index in [2.05, 4.69) is 15.3 Å². The third kappa shape index (κ3) is 3.39. The molecule has 3 rings (SSSR count). The molecule has 0 bridgehead atoms. The molecule has 1 N–H and O–H groups in total. The normalized spacial score (nSPS) is 14.3. The van der Waals surface area contributed by atoms with E-state index in [4.69, 9.17) is 4.74 Å². The number of Topliss-reactive ketones (excluding diaryl/α,β-unsaturated/α-hetero) is 2. The van der Waals surface area contributed by atoms with Crippen LogP contribution in [-0.4, -0.2) is 34.9 Å². The van der Waals surface area contributed by atoms with Crippen LogP contribution in [0.2, 0.25) is 0 Å².